The number of hydrogen-bond donors (Lipinski definition) is 1. The highest BCUT2D eigenvalue weighted by molar-refractivity contribution is 7.11. The van der Waals surface area contributed by atoms with Gasteiger partial charge in [-0.05, 0) is 5.92 Å². The molecule has 2 N–H and O–H groups in total. The Bertz CT molecular complexity index is 359. The summed E-state index contributed by atoms with van der Waals surface area (Å²) >= 11 is 1.76. The van der Waals surface area contributed by atoms with Crippen molar-refractivity contribution in [2.45, 2.75) is 32.9 Å². The largest absolute Gasteiger partial charge is 0.379 e. The predicted molar refractivity (Wildman–Crippen MR) is 70.2 cm³/mol. The standard InChI is InChI=1S/C12H21N3OS/c1-9(2)12-10(7-13)17-11(14-12)8-15-3-5-16-6-4-15/h9H,3-8,13H2,1-2H3. The first kappa shape index (κ1) is 13.0. The van der Waals surface area contributed by atoms with Gasteiger partial charge in [0.15, 0.2) is 0 Å². The van der Waals surface area contributed by atoms with Crippen LogP contribution in [-0.2, 0) is 17.8 Å². The van der Waals surface area contributed by atoms with Crippen molar-refractivity contribution in [3.63, 3.8) is 0 Å². The van der Waals surface area contributed by atoms with Crippen LogP contribution in [0.5, 0.6) is 0 Å². The van der Waals surface area contributed by atoms with Crippen molar-refractivity contribution >= 4 is 11.3 Å². The minimum atomic E-state index is 0.461. The molecule has 4 nitrogen and oxygen atoms in total. The van der Waals surface area contributed by atoms with Crippen molar-refractivity contribution in [1.82, 2.24) is 9.88 Å². The van der Waals surface area contributed by atoms with Crippen LogP contribution >= 0.6 is 11.3 Å². The number of rotatable bonds is 4. The summed E-state index contributed by atoms with van der Waals surface area (Å²) in [5.41, 5.74) is 6.95. The lowest BCUT2D eigenvalue weighted by atomic mass is 10.1. The Morgan fingerprint density at radius 2 is 2.12 bits per heavy atom. The van der Waals surface area contributed by atoms with Gasteiger partial charge in [-0.1, -0.05) is 13.8 Å². The maximum atomic E-state index is 5.77. The number of aromatic nitrogens is 1. The second-order valence-electron chi connectivity index (χ2n) is 4.66. The second kappa shape index (κ2) is 5.91. The van der Waals surface area contributed by atoms with E-state index in [9.17, 15) is 0 Å². The first-order valence-electron chi connectivity index (χ1n) is 6.19. The summed E-state index contributed by atoms with van der Waals surface area (Å²) < 4.78 is 5.35. The molecule has 0 aliphatic carbocycles. The van der Waals surface area contributed by atoms with Crippen LogP contribution in [0.3, 0.4) is 0 Å². The van der Waals surface area contributed by atoms with Gasteiger partial charge in [-0.2, -0.15) is 0 Å². The quantitative estimate of drug-likeness (QED) is 0.887. The minimum absolute atomic E-state index is 0.461. The summed E-state index contributed by atoms with van der Waals surface area (Å²) in [6, 6.07) is 0. The monoisotopic (exact) mass is 255 g/mol. The number of nitrogens with two attached hydrogens (primary N) is 1. The smallest absolute Gasteiger partial charge is 0.107 e. The van der Waals surface area contributed by atoms with Gasteiger partial charge in [0.1, 0.15) is 5.01 Å². The molecule has 0 spiro atoms. The number of morpholine rings is 1. The Balaban J connectivity index is 2.05. The molecular weight excluding hydrogens is 234 g/mol. The molecule has 1 aromatic rings. The lowest BCUT2D eigenvalue weighted by Crippen LogP contribution is -2.35. The molecule has 2 rings (SSSR count). The zero-order valence-electron chi connectivity index (χ0n) is 10.6. The average molecular weight is 255 g/mol. The number of nitrogens with zero attached hydrogens (tertiary/aromatic N) is 2. The molecule has 0 aromatic carbocycles. The Hall–Kier alpha value is -0.490. The third-order valence-corrected chi connectivity index (χ3v) is 4.04. The highest BCUT2D eigenvalue weighted by atomic mass is 32.1. The summed E-state index contributed by atoms with van der Waals surface area (Å²) in [5, 5.41) is 1.19. The lowest BCUT2D eigenvalue weighted by Gasteiger charge is -2.25. The fraction of sp³-hybridized carbons (Fsp3) is 0.750. The first-order chi connectivity index (χ1) is 8.20. The van der Waals surface area contributed by atoms with Crippen LogP contribution in [-0.4, -0.2) is 36.2 Å². The van der Waals surface area contributed by atoms with Gasteiger partial charge >= 0.3 is 0 Å². The molecular formula is C12H21N3OS. The van der Waals surface area contributed by atoms with E-state index in [-0.39, 0.29) is 0 Å². The summed E-state index contributed by atoms with van der Waals surface area (Å²) in [6.45, 7) is 9.59. The molecule has 0 atom stereocenters. The van der Waals surface area contributed by atoms with Crippen molar-refractivity contribution in [3.8, 4) is 0 Å². The molecule has 1 saturated heterocycles. The number of thiazole rings is 1. The van der Waals surface area contributed by atoms with E-state index in [1.807, 2.05) is 0 Å². The van der Waals surface area contributed by atoms with Gasteiger partial charge in [-0.3, -0.25) is 4.90 Å². The molecule has 1 fully saturated rings. The van der Waals surface area contributed by atoms with E-state index in [4.69, 9.17) is 15.5 Å². The molecule has 5 heteroatoms. The van der Waals surface area contributed by atoms with Gasteiger partial charge in [-0.25, -0.2) is 4.98 Å². The zero-order valence-corrected chi connectivity index (χ0v) is 11.4. The predicted octanol–water partition coefficient (Wildman–Crippen LogP) is 1.56. The van der Waals surface area contributed by atoms with E-state index in [2.05, 4.69) is 18.7 Å². The number of hydrogen-bond acceptors (Lipinski definition) is 5. The molecule has 0 saturated carbocycles. The zero-order chi connectivity index (χ0) is 12.3. The summed E-state index contributed by atoms with van der Waals surface area (Å²) in [4.78, 5) is 8.37. The molecule has 0 unspecified atom stereocenters. The van der Waals surface area contributed by atoms with Gasteiger partial charge in [0.05, 0.1) is 25.5 Å². The highest BCUT2D eigenvalue weighted by Crippen LogP contribution is 2.25. The number of ether oxygens (including phenoxy) is 1. The second-order valence-corrected chi connectivity index (χ2v) is 5.83. The lowest BCUT2D eigenvalue weighted by molar-refractivity contribution is 0.0341. The van der Waals surface area contributed by atoms with Crippen LogP contribution in [0, 0.1) is 0 Å². The van der Waals surface area contributed by atoms with E-state index in [1.165, 1.54) is 15.6 Å². The molecule has 1 aliphatic rings. The van der Waals surface area contributed by atoms with E-state index in [0.717, 1.165) is 32.8 Å². The summed E-state index contributed by atoms with van der Waals surface area (Å²) in [7, 11) is 0. The molecule has 96 valence electrons. The van der Waals surface area contributed by atoms with E-state index >= 15 is 0 Å². The third-order valence-electron chi connectivity index (χ3n) is 2.97. The first-order valence-corrected chi connectivity index (χ1v) is 7.01. The van der Waals surface area contributed by atoms with E-state index in [0.29, 0.717) is 12.5 Å². The topological polar surface area (TPSA) is 51.4 Å². The van der Waals surface area contributed by atoms with Gasteiger partial charge in [0.2, 0.25) is 0 Å². The highest BCUT2D eigenvalue weighted by Gasteiger charge is 2.16. The van der Waals surface area contributed by atoms with Crippen molar-refractivity contribution in [1.29, 1.82) is 0 Å². The van der Waals surface area contributed by atoms with Crippen LogP contribution in [0.15, 0.2) is 0 Å². The Morgan fingerprint density at radius 1 is 1.41 bits per heavy atom. The van der Waals surface area contributed by atoms with Crippen molar-refractivity contribution in [2.24, 2.45) is 5.73 Å². The fourth-order valence-corrected chi connectivity index (χ4v) is 3.17. The Labute approximate surface area is 107 Å². The van der Waals surface area contributed by atoms with Crippen molar-refractivity contribution in [2.75, 3.05) is 26.3 Å². The maximum Gasteiger partial charge on any atom is 0.107 e. The summed E-state index contributed by atoms with van der Waals surface area (Å²) in [5.74, 6) is 0.461. The SMILES string of the molecule is CC(C)c1nc(CN2CCOCC2)sc1CN. The van der Waals surface area contributed by atoms with Crippen LogP contribution in [0.1, 0.15) is 35.3 Å². The van der Waals surface area contributed by atoms with Gasteiger partial charge < -0.3 is 10.5 Å². The van der Waals surface area contributed by atoms with E-state index < -0.39 is 0 Å². The van der Waals surface area contributed by atoms with Gasteiger partial charge in [0.25, 0.3) is 0 Å². The van der Waals surface area contributed by atoms with Crippen LogP contribution in [0.4, 0.5) is 0 Å². The van der Waals surface area contributed by atoms with Crippen LogP contribution < -0.4 is 5.73 Å². The molecule has 2 heterocycles. The van der Waals surface area contributed by atoms with E-state index in [1.54, 1.807) is 11.3 Å². The average Bonchev–Trinajstić information content (AvgIpc) is 2.73. The molecule has 0 bridgehead atoms. The van der Waals surface area contributed by atoms with Gasteiger partial charge in [0, 0.05) is 24.5 Å². The fourth-order valence-electron chi connectivity index (χ4n) is 2.03. The maximum absolute atomic E-state index is 5.77. The van der Waals surface area contributed by atoms with Gasteiger partial charge in [-0.15, -0.1) is 11.3 Å². The van der Waals surface area contributed by atoms with Crippen LogP contribution in [0.25, 0.3) is 0 Å². The third kappa shape index (κ3) is 3.25. The Kier molecular flexibility index (Phi) is 4.50. The Morgan fingerprint density at radius 3 is 2.65 bits per heavy atom. The molecule has 1 aromatic heterocycles. The normalized spacial score (nSPS) is 17.9. The molecule has 1 aliphatic heterocycles. The summed E-state index contributed by atoms with van der Waals surface area (Å²) in [6.07, 6.45) is 0. The van der Waals surface area contributed by atoms with Crippen molar-refractivity contribution < 1.29 is 4.74 Å². The molecule has 17 heavy (non-hydrogen) atoms. The van der Waals surface area contributed by atoms with Crippen LogP contribution in [0.2, 0.25) is 0 Å². The van der Waals surface area contributed by atoms with Crippen molar-refractivity contribution in [3.05, 3.63) is 15.6 Å². The molecule has 0 radical (unpaired) electrons. The molecule has 0 amide bonds. The minimum Gasteiger partial charge on any atom is -0.379 e.